The van der Waals surface area contributed by atoms with Crippen molar-refractivity contribution in [1.82, 2.24) is 0 Å². The normalized spacial score (nSPS) is 12.0. The van der Waals surface area contributed by atoms with Crippen LogP contribution in [0.25, 0.3) is 11.1 Å². The fraction of sp³-hybridized carbons (Fsp3) is 0.458. The van der Waals surface area contributed by atoms with Gasteiger partial charge in [-0.15, -0.1) is 11.6 Å². The van der Waals surface area contributed by atoms with Gasteiger partial charge in [0.2, 0.25) is 0 Å². The molecule has 28 heavy (non-hydrogen) atoms. The average molecular weight is 403 g/mol. The number of rotatable bonds is 11. The number of halogens is 1. The highest BCUT2D eigenvalue weighted by atomic mass is 35.5. The van der Waals surface area contributed by atoms with Gasteiger partial charge in [0.05, 0.1) is 6.61 Å². The second-order valence-electron chi connectivity index (χ2n) is 7.38. The molecule has 0 aliphatic carbocycles. The van der Waals surface area contributed by atoms with Crippen LogP contribution >= 0.6 is 11.6 Å². The lowest BCUT2D eigenvalue weighted by Crippen LogP contribution is -2.25. The van der Waals surface area contributed by atoms with Crippen molar-refractivity contribution in [3.05, 3.63) is 48.5 Å². The first-order valence-electron chi connectivity index (χ1n) is 10.2. The number of ether oxygens (including phenoxy) is 2. The molecule has 1 atom stereocenters. The van der Waals surface area contributed by atoms with Gasteiger partial charge in [-0.3, -0.25) is 4.79 Å². The molecule has 0 spiro atoms. The Morgan fingerprint density at radius 2 is 1.39 bits per heavy atom. The third-order valence-corrected chi connectivity index (χ3v) is 5.27. The molecule has 2 rings (SSSR count). The average Bonchev–Trinajstić information content (AvgIpc) is 2.71. The van der Waals surface area contributed by atoms with E-state index in [1.807, 2.05) is 50.2 Å². The summed E-state index contributed by atoms with van der Waals surface area (Å²) in [5, 5.41) is -0.640. The zero-order chi connectivity index (χ0) is 20.4. The van der Waals surface area contributed by atoms with Gasteiger partial charge in [0.25, 0.3) is 0 Å². The van der Waals surface area contributed by atoms with Crippen molar-refractivity contribution in [3.8, 4) is 22.6 Å². The van der Waals surface area contributed by atoms with Crippen molar-refractivity contribution in [2.75, 3.05) is 6.61 Å². The van der Waals surface area contributed by atoms with E-state index in [2.05, 4.69) is 6.92 Å². The molecule has 0 aliphatic rings. The van der Waals surface area contributed by atoms with Crippen molar-refractivity contribution in [2.24, 2.45) is 5.92 Å². The summed E-state index contributed by atoms with van der Waals surface area (Å²) in [5.41, 5.74) is 2.14. The lowest BCUT2D eigenvalue weighted by molar-refractivity contribution is -0.134. The molecule has 0 amide bonds. The summed E-state index contributed by atoms with van der Waals surface area (Å²) in [6.07, 6.45) is 6.17. The minimum Gasteiger partial charge on any atom is -0.494 e. The van der Waals surface area contributed by atoms with Gasteiger partial charge in [0.15, 0.2) is 0 Å². The maximum Gasteiger partial charge on any atom is 0.329 e. The molecule has 3 nitrogen and oxygen atoms in total. The second-order valence-corrected chi connectivity index (χ2v) is 7.85. The zero-order valence-corrected chi connectivity index (χ0v) is 17.9. The maximum absolute atomic E-state index is 11.9. The van der Waals surface area contributed by atoms with Crippen molar-refractivity contribution in [2.45, 2.75) is 58.3 Å². The molecular formula is C24H31ClO3. The van der Waals surface area contributed by atoms with E-state index in [4.69, 9.17) is 21.1 Å². The molecule has 0 saturated carbocycles. The van der Waals surface area contributed by atoms with Gasteiger partial charge in [-0.2, -0.15) is 0 Å². The summed E-state index contributed by atoms with van der Waals surface area (Å²) in [5.74, 6) is 1.01. The maximum atomic E-state index is 11.9. The molecule has 2 aromatic carbocycles. The molecule has 0 aliphatic heterocycles. The monoisotopic (exact) mass is 402 g/mol. The van der Waals surface area contributed by atoms with Crippen molar-refractivity contribution < 1.29 is 14.3 Å². The Morgan fingerprint density at radius 3 is 1.93 bits per heavy atom. The molecule has 0 fully saturated rings. The van der Waals surface area contributed by atoms with Crippen LogP contribution in [0.2, 0.25) is 0 Å². The van der Waals surface area contributed by atoms with E-state index in [0.717, 1.165) is 29.9 Å². The number of hydrogen-bond donors (Lipinski definition) is 0. The van der Waals surface area contributed by atoms with Crippen LogP contribution < -0.4 is 9.47 Å². The summed E-state index contributed by atoms with van der Waals surface area (Å²) in [6, 6.07) is 15.5. The molecule has 0 saturated heterocycles. The molecule has 0 aromatic heterocycles. The number of hydrogen-bond acceptors (Lipinski definition) is 3. The molecule has 0 heterocycles. The first-order valence-corrected chi connectivity index (χ1v) is 10.6. The van der Waals surface area contributed by atoms with Crippen LogP contribution in [0.15, 0.2) is 48.5 Å². The molecule has 4 heteroatoms. The molecule has 0 N–H and O–H groups in total. The number of esters is 1. The number of carbonyl (C=O) groups excluding carboxylic acids is 1. The fourth-order valence-corrected chi connectivity index (χ4v) is 2.84. The molecule has 0 unspecified atom stereocenters. The Bertz CT molecular complexity index is 708. The van der Waals surface area contributed by atoms with Gasteiger partial charge in [-0.1, -0.05) is 70.7 Å². The minimum atomic E-state index is -0.640. The van der Waals surface area contributed by atoms with Crippen LogP contribution in [0.4, 0.5) is 0 Å². The standard InChI is InChI=1S/C24H31ClO3/c1-4-5-6-7-8-17-27-21-13-9-19(10-14-21)20-11-15-22(16-12-20)28-24(26)23(25)18(2)3/h9-16,18,23H,4-8,17H2,1-3H3/t23-/m1/s1. The summed E-state index contributed by atoms with van der Waals surface area (Å²) in [7, 11) is 0. The lowest BCUT2D eigenvalue weighted by atomic mass is 10.1. The third kappa shape index (κ3) is 7.20. The van der Waals surface area contributed by atoms with Gasteiger partial charge in [0, 0.05) is 0 Å². The van der Waals surface area contributed by atoms with Crippen molar-refractivity contribution >= 4 is 17.6 Å². The third-order valence-electron chi connectivity index (χ3n) is 4.59. The Morgan fingerprint density at radius 1 is 0.857 bits per heavy atom. The predicted octanol–water partition coefficient (Wildman–Crippen LogP) is 6.87. The van der Waals surface area contributed by atoms with Crippen LogP contribution in [0, 0.1) is 5.92 Å². The quantitative estimate of drug-likeness (QED) is 0.178. The SMILES string of the molecule is CCCCCCCOc1ccc(-c2ccc(OC(=O)[C@H](Cl)C(C)C)cc2)cc1. The van der Waals surface area contributed by atoms with Crippen LogP contribution in [0.5, 0.6) is 11.5 Å². The number of alkyl halides is 1. The topological polar surface area (TPSA) is 35.5 Å². The summed E-state index contributed by atoms with van der Waals surface area (Å²) >= 11 is 6.04. The van der Waals surface area contributed by atoms with Crippen molar-refractivity contribution in [1.29, 1.82) is 0 Å². The van der Waals surface area contributed by atoms with E-state index in [9.17, 15) is 4.79 Å². The van der Waals surface area contributed by atoms with Gasteiger partial charge in [-0.05, 0) is 47.7 Å². The second kappa shape index (κ2) is 11.8. The van der Waals surface area contributed by atoms with Gasteiger partial charge < -0.3 is 9.47 Å². The number of benzene rings is 2. The highest BCUT2D eigenvalue weighted by molar-refractivity contribution is 6.30. The fourth-order valence-electron chi connectivity index (χ4n) is 2.80. The highest BCUT2D eigenvalue weighted by Crippen LogP contribution is 2.25. The van der Waals surface area contributed by atoms with Crippen LogP contribution in [0.1, 0.15) is 52.9 Å². The number of unbranched alkanes of at least 4 members (excludes halogenated alkanes) is 4. The summed E-state index contributed by atoms with van der Waals surface area (Å²) in [4.78, 5) is 11.9. The molecular weight excluding hydrogens is 372 g/mol. The minimum absolute atomic E-state index is 0.0329. The Kier molecular flexibility index (Phi) is 9.36. The van der Waals surface area contributed by atoms with E-state index in [1.165, 1.54) is 25.7 Å². The molecule has 0 radical (unpaired) electrons. The first-order chi connectivity index (χ1) is 13.5. The van der Waals surface area contributed by atoms with Crippen LogP contribution in [0.3, 0.4) is 0 Å². The summed E-state index contributed by atoms with van der Waals surface area (Å²) in [6.45, 7) is 6.77. The molecule has 152 valence electrons. The van der Waals surface area contributed by atoms with E-state index < -0.39 is 11.3 Å². The number of carbonyl (C=O) groups is 1. The summed E-state index contributed by atoms with van der Waals surface area (Å²) < 4.78 is 11.1. The molecule has 0 bridgehead atoms. The van der Waals surface area contributed by atoms with Crippen LogP contribution in [-0.4, -0.2) is 18.0 Å². The molecule has 2 aromatic rings. The predicted molar refractivity (Wildman–Crippen MR) is 116 cm³/mol. The zero-order valence-electron chi connectivity index (χ0n) is 17.1. The van der Waals surface area contributed by atoms with Crippen LogP contribution in [-0.2, 0) is 4.79 Å². The smallest absolute Gasteiger partial charge is 0.329 e. The Balaban J connectivity index is 1.85. The Labute approximate surface area is 174 Å². The van der Waals surface area contributed by atoms with Gasteiger partial charge in [-0.25, -0.2) is 0 Å². The van der Waals surface area contributed by atoms with Crippen molar-refractivity contribution in [3.63, 3.8) is 0 Å². The first kappa shape index (κ1) is 22.3. The van der Waals surface area contributed by atoms with Gasteiger partial charge in [0.1, 0.15) is 16.9 Å². The van der Waals surface area contributed by atoms with E-state index in [0.29, 0.717) is 5.75 Å². The lowest BCUT2D eigenvalue weighted by Gasteiger charge is -2.12. The Hall–Kier alpha value is -2.00. The van der Waals surface area contributed by atoms with E-state index >= 15 is 0 Å². The van der Waals surface area contributed by atoms with Gasteiger partial charge >= 0.3 is 5.97 Å². The highest BCUT2D eigenvalue weighted by Gasteiger charge is 2.21. The van der Waals surface area contributed by atoms with E-state index in [-0.39, 0.29) is 5.92 Å². The largest absolute Gasteiger partial charge is 0.494 e. The van der Waals surface area contributed by atoms with E-state index in [1.54, 1.807) is 12.1 Å².